The fourth-order valence-corrected chi connectivity index (χ4v) is 2.58. The van der Waals surface area contributed by atoms with Crippen LogP contribution in [0.4, 0.5) is 0 Å². The van der Waals surface area contributed by atoms with Crippen molar-refractivity contribution in [3.05, 3.63) is 17.7 Å². The van der Waals surface area contributed by atoms with Crippen molar-refractivity contribution < 1.29 is 0 Å². The average Bonchev–Trinajstić information content (AvgIpc) is 2.62. The Hall–Kier alpha value is -0.830. The molecule has 1 unspecified atom stereocenters. The summed E-state index contributed by atoms with van der Waals surface area (Å²) in [6.07, 6.45) is 6.83. The number of nitrogens with zero attached hydrogens (tertiary/aromatic N) is 2. The minimum atomic E-state index is 0.526. The molecule has 2 rings (SSSR count). The van der Waals surface area contributed by atoms with E-state index in [0.29, 0.717) is 12.0 Å². The molecule has 1 aliphatic rings. The minimum absolute atomic E-state index is 0.526. The molecule has 3 nitrogen and oxygen atoms in total. The van der Waals surface area contributed by atoms with Crippen LogP contribution in [0.3, 0.4) is 0 Å². The third kappa shape index (κ3) is 1.93. The molecule has 0 spiro atoms. The van der Waals surface area contributed by atoms with E-state index >= 15 is 0 Å². The summed E-state index contributed by atoms with van der Waals surface area (Å²) in [6.45, 7) is 5.21. The molecule has 1 heterocycles. The van der Waals surface area contributed by atoms with Gasteiger partial charge >= 0.3 is 0 Å². The van der Waals surface area contributed by atoms with Gasteiger partial charge < -0.3 is 10.3 Å². The molecular weight excluding hydrogens is 186 g/mol. The standard InChI is InChI=1S/C12H21N3/c1-9(2)15-8-14-12-10(6-7-13)4-3-5-11(12)15/h8-10H,3-7,13H2,1-2H3. The van der Waals surface area contributed by atoms with Gasteiger partial charge in [-0.1, -0.05) is 0 Å². The van der Waals surface area contributed by atoms with Crippen molar-refractivity contribution in [2.75, 3.05) is 6.54 Å². The van der Waals surface area contributed by atoms with Crippen molar-refractivity contribution in [3.8, 4) is 0 Å². The Morgan fingerprint density at radius 2 is 2.40 bits per heavy atom. The zero-order valence-electron chi connectivity index (χ0n) is 9.74. The van der Waals surface area contributed by atoms with Gasteiger partial charge in [-0.3, -0.25) is 0 Å². The molecule has 0 bridgehead atoms. The molecule has 2 N–H and O–H groups in total. The van der Waals surface area contributed by atoms with Crippen LogP contribution in [0.2, 0.25) is 0 Å². The lowest BCUT2D eigenvalue weighted by Gasteiger charge is -2.23. The molecule has 0 aliphatic heterocycles. The molecule has 1 aromatic rings. The molecule has 0 saturated heterocycles. The van der Waals surface area contributed by atoms with Crippen molar-refractivity contribution in [1.29, 1.82) is 0 Å². The second-order valence-corrected chi connectivity index (χ2v) is 4.74. The van der Waals surface area contributed by atoms with E-state index in [4.69, 9.17) is 5.73 Å². The van der Waals surface area contributed by atoms with Crippen molar-refractivity contribution in [2.45, 2.75) is 51.5 Å². The Labute approximate surface area is 91.7 Å². The maximum absolute atomic E-state index is 5.65. The lowest BCUT2D eigenvalue weighted by atomic mass is 9.87. The highest BCUT2D eigenvalue weighted by Gasteiger charge is 2.24. The summed E-state index contributed by atoms with van der Waals surface area (Å²) in [4.78, 5) is 4.59. The molecule has 3 heteroatoms. The quantitative estimate of drug-likeness (QED) is 0.826. The number of rotatable bonds is 3. The molecule has 0 radical (unpaired) electrons. The molecule has 0 amide bonds. The van der Waals surface area contributed by atoms with E-state index < -0.39 is 0 Å². The van der Waals surface area contributed by atoms with E-state index in [1.54, 1.807) is 0 Å². The Kier molecular flexibility index (Phi) is 3.10. The summed E-state index contributed by atoms with van der Waals surface area (Å²) in [5, 5.41) is 0. The lowest BCUT2D eigenvalue weighted by Crippen LogP contribution is -2.16. The third-order valence-corrected chi connectivity index (χ3v) is 3.35. The van der Waals surface area contributed by atoms with Gasteiger partial charge in [0.2, 0.25) is 0 Å². The van der Waals surface area contributed by atoms with Crippen LogP contribution in [-0.4, -0.2) is 16.1 Å². The van der Waals surface area contributed by atoms with Crippen LogP contribution < -0.4 is 5.73 Å². The van der Waals surface area contributed by atoms with Crippen LogP contribution >= 0.6 is 0 Å². The maximum atomic E-state index is 5.65. The van der Waals surface area contributed by atoms with Gasteiger partial charge in [-0.25, -0.2) is 4.98 Å². The van der Waals surface area contributed by atoms with Crippen LogP contribution in [0.5, 0.6) is 0 Å². The molecule has 1 atom stereocenters. The summed E-state index contributed by atoms with van der Waals surface area (Å²) in [7, 11) is 0. The molecule has 0 fully saturated rings. The smallest absolute Gasteiger partial charge is 0.0954 e. The predicted octanol–water partition coefficient (Wildman–Crippen LogP) is 2.23. The van der Waals surface area contributed by atoms with Gasteiger partial charge in [0.1, 0.15) is 0 Å². The van der Waals surface area contributed by atoms with Gasteiger partial charge in [0.05, 0.1) is 12.0 Å². The van der Waals surface area contributed by atoms with Crippen LogP contribution in [0.15, 0.2) is 6.33 Å². The van der Waals surface area contributed by atoms with Crippen LogP contribution in [0.25, 0.3) is 0 Å². The first kappa shape index (κ1) is 10.7. The second-order valence-electron chi connectivity index (χ2n) is 4.74. The molecule has 15 heavy (non-hydrogen) atoms. The van der Waals surface area contributed by atoms with E-state index in [1.165, 1.54) is 30.7 Å². The third-order valence-electron chi connectivity index (χ3n) is 3.35. The molecular formula is C12H21N3. The lowest BCUT2D eigenvalue weighted by molar-refractivity contribution is 0.488. The first-order valence-corrected chi connectivity index (χ1v) is 5.99. The monoisotopic (exact) mass is 207 g/mol. The maximum Gasteiger partial charge on any atom is 0.0954 e. The van der Waals surface area contributed by atoms with Crippen LogP contribution in [0, 0.1) is 0 Å². The summed E-state index contributed by atoms with van der Waals surface area (Å²) in [5.41, 5.74) is 8.42. The van der Waals surface area contributed by atoms with Crippen molar-refractivity contribution >= 4 is 0 Å². The van der Waals surface area contributed by atoms with E-state index in [-0.39, 0.29) is 0 Å². The zero-order valence-corrected chi connectivity index (χ0v) is 9.74. The topological polar surface area (TPSA) is 43.8 Å². The molecule has 0 aromatic carbocycles. The van der Waals surface area contributed by atoms with Crippen molar-refractivity contribution in [3.63, 3.8) is 0 Å². The van der Waals surface area contributed by atoms with Gasteiger partial charge in [-0.05, 0) is 46.1 Å². The predicted molar refractivity (Wildman–Crippen MR) is 62.0 cm³/mol. The Morgan fingerprint density at radius 3 is 3.07 bits per heavy atom. The SMILES string of the molecule is CC(C)n1cnc2c1CCCC2CCN. The van der Waals surface area contributed by atoms with Gasteiger partial charge in [0.15, 0.2) is 0 Å². The summed E-state index contributed by atoms with van der Waals surface area (Å²) in [6, 6.07) is 0.526. The highest BCUT2D eigenvalue weighted by molar-refractivity contribution is 5.21. The fraction of sp³-hybridized carbons (Fsp3) is 0.750. The van der Waals surface area contributed by atoms with E-state index in [0.717, 1.165) is 13.0 Å². The van der Waals surface area contributed by atoms with Crippen molar-refractivity contribution in [2.24, 2.45) is 5.73 Å². The molecule has 0 saturated carbocycles. The number of imidazole rings is 1. The van der Waals surface area contributed by atoms with Gasteiger partial charge in [-0.15, -0.1) is 0 Å². The van der Waals surface area contributed by atoms with Gasteiger partial charge in [0, 0.05) is 17.7 Å². The van der Waals surface area contributed by atoms with Crippen molar-refractivity contribution in [1.82, 2.24) is 9.55 Å². The second kappa shape index (κ2) is 4.35. The van der Waals surface area contributed by atoms with E-state index in [1.807, 2.05) is 6.33 Å². The molecule has 1 aromatic heterocycles. The summed E-state index contributed by atoms with van der Waals surface area (Å²) >= 11 is 0. The number of nitrogens with two attached hydrogens (primary N) is 1. The van der Waals surface area contributed by atoms with Crippen LogP contribution in [0.1, 0.15) is 56.5 Å². The summed E-state index contributed by atoms with van der Waals surface area (Å²) < 4.78 is 2.32. The Balaban J connectivity index is 2.29. The Morgan fingerprint density at radius 1 is 1.60 bits per heavy atom. The first-order valence-electron chi connectivity index (χ1n) is 5.99. The fourth-order valence-electron chi connectivity index (χ4n) is 2.58. The van der Waals surface area contributed by atoms with Gasteiger partial charge in [-0.2, -0.15) is 0 Å². The van der Waals surface area contributed by atoms with E-state index in [2.05, 4.69) is 23.4 Å². The highest BCUT2D eigenvalue weighted by atomic mass is 15.1. The first-order chi connectivity index (χ1) is 7.24. The Bertz CT molecular complexity index is 328. The number of aromatic nitrogens is 2. The largest absolute Gasteiger partial charge is 0.332 e. The highest BCUT2D eigenvalue weighted by Crippen LogP contribution is 2.33. The number of hydrogen-bond donors (Lipinski definition) is 1. The average molecular weight is 207 g/mol. The van der Waals surface area contributed by atoms with E-state index in [9.17, 15) is 0 Å². The zero-order chi connectivity index (χ0) is 10.8. The molecule has 84 valence electrons. The van der Waals surface area contributed by atoms with Crippen LogP contribution in [-0.2, 0) is 6.42 Å². The molecule has 1 aliphatic carbocycles. The number of hydrogen-bond acceptors (Lipinski definition) is 2. The number of fused-ring (bicyclic) bond motifs is 1. The summed E-state index contributed by atoms with van der Waals surface area (Å²) in [5.74, 6) is 0.610. The normalized spacial score (nSPS) is 20.7. The van der Waals surface area contributed by atoms with Gasteiger partial charge in [0.25, 0.3) is 0 Å². The minimum Gasteiger partial charge on any atom is -0.332 e.